The zero-order chi connectivity index (χ0) is 23.7. The first kappa shape index (κ1) is 23.5. The second-order valence-electron chi connectivity index (χ2n) is 9.87. The van der Waals surface area contributed by atoms with Gasteiger partial charge < -0.3 is 19.5 Å². The molecule has 2 heterocycles. The first-order chi connectivity index (χ1) is 16.5. The third kappa shape index (κ3) is 5.05. The average molecular weight is 485 g/mol. The lowest BCUT2D eigenvalue weighted by molar-refractivity contribution is 0.0692. The van der Waals surface area contributed by atoms with Gasteiger partial charge in [0.1, 0.15) is 17.1 Å². The number of nitrogens with zero attached hydrogens (tertiary/aromatic N) is 1. The number of carboxylic acid groups (broad SMARTS) is 1. The Morgan fingerprint density at radius 3 is 3.03 bits per heavy atom. The summed E-state index contributed by atoms with van der Waals surface area (Å²) in [6.07, 6.45) is 6.60. The summed E-state index contributed by atoms with van der Waals surface area (Å²) in [6.45, 7) is 6.30. The van der Waals surface area contributed by atoms with Gasteiger partial charge in [-0.15, -0.1) is 0 Å². The molecule has 7 heteroatoms. The van der Waals surface area contributed by atoms with Gasteiger partial charge in [0.2, 0.25) is 0 Å². The number of ether oxygens (including phenoxy) is 1. The maximum Gasteiger partial charge on any atom is 0.341 e. The predicted octanol–water partition coefficient (Wildman–Crippen LogP) is 6.19. The number of halogens is 1. The van der Waals surface area contributed by atoms with E-state index in [9.17, 15) is 14.3 Å². The predicted molar refractivity (Wildman–Crippen MR) is 133 cm³/mol. The second-order valence-corrected chi connectivity index (χ2v) is 10.7. The Labute approximate surface area is 205 Å². The highest BCUT2D eigenvalue weighted by Gasteiger charge is 2.45. The van der Waals surface area contributed by atoms with E-state index < -0.39 is 5.97 Å². The van der Waals surface area contributed by atoms with Crippen LogP contribution >= 0.6 is 11.9 Å². The number of anilines is 1. The van der Waals surface area contributed by atoms with Crippen molar-refractivity contribution in [2.75, 3.05) is 31.0 Å². The highest BCUT2D eigenvalue weighted by molar-refractivity contribution is 8.00. The zero-order valence-electron chi connectivity index (χ0n) is 19.7. The third-order valence-corrected chi connectivity index (χ3v) is 8.51. The molecule has 5 nitrogen and oxygen atoms in total. The molecule has 0 spiro atoms. The number of benzene rings is 2. The molecule has 5 rings (SSSR count). The van der Waals surface area contributed by atoms with Gasteiger partial charge >= 0.3 is 5.97 Å². The van der Waals surface area contributed by atoms with Crippen molar-refractivity contribution in [3.05, 3.63) is 52.8 Å². The summed E-state index contributed by atoms with van der Waals surface area (Å²) < 4.78 is 23.1. The minimum Gasteiger partial charge on any atom is -0.492 e. The molecule has 0 radical (unpaired) electrons. The maximum absolute atomic E-state index is 14.1. The van der Waals surface area contributed by atoms with E-state index in [2.05, 4.69) is 16.5 Å². The molecule has 182 valence electrons. The molecule has 2 aliphatic heterocycles. The normalized spacial score (nSPS) is 23.5. The summed E-state index contributed by atoms with van der Waals surface area (Å²) in [6, 6.07) is 8.69. The van der Waals surface area contributed by atoms with Crippen LogP contribution in [0.3, 0.4) is 0 Å². The molecule has 0 amide bonds. The van der Waals surface area contributed by atoms with E-state index >= 15 is 0 Å². The van der Waals surface area contributed by atoms with Crippen molar-refractivity contribution in [1.82, 2.24) is 4.90 Å². The number of carboxylic acids is 1. The molecule has 1 saturated heterocycles. The number of nitrogens with one attached hydrogen (secondary N) is 1. The second kappa shape index (κ2) is 10.2. The van der Waals surface area contributed by atoms with E-state index in [1.165, 1.54) is 43.9 Å². The van der Waals surface area contributed by atoms with Crippen LogP contribution in [0.25, 0.3) is 0 Å². The first-order valence-corrected chi connectivity index (χ1v) is 13.3. The van der Waals surface area contributed by atoms with Crippen molar-refractivity contribution >= 4 is 23.6 Å². The Morgan fingerprint density at radius 2 is 2.21 bits per heavy atom. The van der Waals surface area contributed by atoms with E-state index in [-0.39, 0.29) is 11.4 Å². The van der Waals surface area contributed by atoms with Gasteiger partial charge in [-0.05, 0) is 111 Å². The van der Waals surface area contributed by atoms with Crippen LogP contribution in [0, 0.1) is 17.7 Å². The summed E-state index contributed by atoms with van der Waals surface area (Å²) in [5.74, 6) is 0.957. The molecule has 0 bridgehead atoms. The molecular formula is C27H33FN2O3S. The van der Waals surface area contributed by atoms with E-state index in [0.29, 0.717) is 29.9 Å². The number of aromatic carboxylic acids is 1. The quantitative estimate of drug-likeness (QED) is 0.414. The number of fused-ring (bicyclic) bond motifs is 3. The standard InChI is InChI=1S/C27H33FN2O3S/c1-2-30-12-4-6-17(15-30)5-3-7-18-13-20(28)8-11-24(18)34-29-23-10-9-21-22-14-19(22)16-33-26(21)25(23)27(31)32/h8-11,13,17,19,22,29H,2-7,12,14-16H2,1H3,(H,31,32). The van der Waals surface area contributed by atoms with Crippen molar-refractivity contribution in [2.24, 2.45) is 11.8 Å². The summed E-state index contributed by atoms with van der Waals surface area (Å²) >= 11 is 1.35. The van der Waals surface area contributed by atoms with E-state index in [1.807, 2.05) is 12.1 Å². The van der Waals surface area contributed by atoms with E-state index in [0.717, 1.165) is 54.2 Å². The number of hydrogen-bond acceptors (Lipinski definition) is 5. The van der Waals surface area contributed by atoms with Crippen LogP contribution in [-0.4, -0.2) is 42.2 Å². The molecular weight excluding hydrogens is 451 g/mol. The molecule has 2 aromatic carbocycles. The van der Waals surface area contributed by atoms with E-state index in [1.54, 1.807) is 12.1 Å². The molecule has 3 atom stereocenters. The molecule has 1 aliphatic carbocycles. The Balaban J connectivity index is 1.26. The molecule has 34 heavy (non-hydrogen) atoms. The zero-order valence-corrected chi connectivity index (χ0v) is 20.5. The van der Waals surface area contributed by atoms with Gasteiger partial charge in [-0.3, -0.25) is 0 Å². The highest BCUT2D eigenvalue weighted by atomic mass is 32.2. The van der Waals surface area contributed by atoms with Gasteiger partial charge in [0.25, 0.3) is 0 Å². The number of rotatable bonds is 9. The van der Waals surface area contributed by atoms with Crippen molar-refractivity contribution in [2.45, 2.75) is 56.3 Å². The molecule has 3 unspecified atom stereocenters. The fourth-order valence-corrected chi connectivity index (χ4v) is 6.37. The maximum atomic E-state index is 14.1. The lowest BCUT2D eigenvalue weighted by Gasteiger charge is -2.31. The van der Waals surface area contributed by atoms with Crippen LogP contribution in [0.1, 0.15) is 66.4 Å². The molecule has 0 aromatic heterocycles. The van der Waals surface area contributed by atoms with Crippen LogP contribution in [0.15, 0.2) is 35.2 Å². The van der Waals surface area contributed by atoms with Crippen molar-refractivity contribution in [3.8, 4) is 5.75 Å². The number of likely N-dealkylation sites (tertiary alicyclic amines) is 1. The summed E-state index contributed by atoms with van der Waals surface area (Å²) in [4.78, 5) is 15.5. The minimum atomic E-state index is -0.994. The van der Waals surface area contributed by atoms with Gasteiger partial charge in [0.15, 0.2) is 0 Å². The largest absolute Gasteiger partial charge is 0.492 e. The minimum absolute atomic E-state index is 0.191. The summed E-state index contributed by atoms with van der Waals surface area (Å²) in [5.41, 5.74) is 2.69. The number of carbonyl (C=O) groups is 1. The van der Waals surface area contributed by atoms with E-state index in [4.69, 9.17) is 4.74 Å². The summed E-state index contributed by atoms with van der Waals surface area (Å²) in [7, 11) is 0. The number of aryl methyl sites for hydroxylation is 1. The summed E-state index contributed by atoms with van der Waals surface area (Å²) in [5, 5.41) is 9.90. The number of hydrogen-bond donors (Lipinski definition) is 2. The van der Waals surface area contributed by atoms with Gasteiger partial charge in [-0.1, -0.05) is 13.0 Å². The average Bonchev–Trinajstić information content (AvgIpc) is 3.63. The van der Waals surface area contributed by atoms with Gasteiger partial charge in [-0.2, -0.15) is 0 Å². The van der Waals surface area contributed by atoms with Gasteiger partial charge in [0, 0.05) is 17.4 Å². The van der Waals surface area contributed by atoms with Crippen molar-refractivity contribution in [1.29, 1.82) is 0 Å². The first-order valence-electron chi connectivity index (χ1n) is 12.5. The fourth-order valence-electron chi connectivity index (χ4n) is 5.55. The Bertz CT molecular complexity index is 1060. The smallest absolute Gasteiger partial charge is 0.341 e. The van der Waals surface area contributed by atoms with Crippen molar-refractivity contribution < 1.29 is 19.0 Å². The Kier molecular flexibility index (Phi) is 7.02. The molecule has 2 fully saturated rings. The lowest BCUT2D eigenvalue weighted by atomic mass is 9.92. The monoisotopic (exact) mass is 484 g/mol. The van der Waals surface area contributed by atoms with Crippen LogP contribution in [0.5, 0.6) is 5.75 Å². The molecule has 2 N–H and O–H groups in total. The van der Waals surface area contributed by atoms with Crippen LogP contribution in [0.4, 0.5) is 10.1 Å². The number of piperidine rings is 1. The molecule has 2 aromatic rings. The highest BCUT2D eigenvalue weighted by Crippen LogP contribution is 2.55. The topological polar surface area (TPSA) is 61.8 Å². The lowest BCUT2D eigenvalue weighted by Crippen LogP contribution is -2.35. The Morgan fingerprint density at radius 1 is 1.32 bits per heavy atom. The fraction of sp³-hybridized carbons (Fsp3) is 0.519. The Hall–Kier alpha value is -2.25. The van der Waals surface area contributed by atoms with Gasteiger partial charge in [-0.25, -0.2) is 9.18 Å². The van der Waals surface area contributed by atoms with Crippen LogP contribution < -0.4 is 9.46 Å². The van der Waals surface area contributed by atoms with Crippen LogP contribution in [0.2, 0.25) is 0 Å². The molecule has 3 aliphatic rings. The van der Waals surface area contributed by atoms with Crippen molar-refractivity contribution in [3.63, 3.8) is 0 Å². The third-order valence-electron chi connectivity index (χ3n) is 7.57. The molecule has 1 saturated carbocycles. The SMILES string of the molecule is CCN1CCCC(CCCc2cc(F)ccc2SNc2ccc3c(c2C(=O)O)OCC2CC32)C1. The van der Waals surface area contributed by atoms with Gasteiger partial charge in [0.05, 0.1) is 12.3 Å². The van der Waals surface area contributed by atoms with Crippen LogP contribution in [-0.2, 0) is 6.42 Å².